The minimum atomic E-state index is 0.520. The van der Waals surface area contributed by atoms with E-state index >= 15 is 0 Å². The Morgan fingerprint density at radius 2 is 2.69 bits per heavy atom. The Hall–Kier alpha value is -1.34. The van der Waals surface area contributed by atoms with Gasteiger partial charge in [0.25, 0.3) is 0 Å². The van der Waals surface area contributed by atoms with E-state index in [1.165, 1.54) is 6.42 Å². The molecule has 4 nitrogen and oxygen atoms in total. The number of imidazole rings is 1. The molecule has 1 N–H and O–H groups in total. The predicted molar refractivity (Wildman–Crippen MR) is 47.9 cm³/mol. The molecule has 0 saturated carbocycles. The third kappa shape index (κ3) is 1.70. The van der Waals surface area contributed by atoms with E-state index in [0.29, 0.717) is 11.7 Å². The van der Waals surface area contributed by atoms with Crippen LogP contribution in [0.25, 0.3) is 0 Å². The Balaban J connectivity index is 2.04. The van der Waals surface area contributed by atoms with Gasteiger partial charge in [0, 0.05) is 18.9 Å². The molecule has 0 amide bonds. The van der Waals surface area contributed by atoms with Crippen molar-refractivity contribution in [2.24, 2.45) is 5.92 Å². The van der Waals surface area contributed by atoms with Crippen LogP contribution in [0, 0.1) is 17.2 Å². The predicted octanol–water partition coefficient (Wildman–Crippen LogP) is 0.364. The minimum absolute atomic E-state index is 0.520. The summed E-state index contributed by atoms with van der Waals surface area (Å²) in [5.74, 6) is 1.17. The largest absolute Gasteiger partial charge is 0.322 e. The SMILES string of the molecule is N#Cc1nccn1CC1CCNC1. The summed E-state index contributed by atoms with van der Waals surface area (Å²) in [6.07, 6.45) is 4.75. The third-order valence-electron chi connectivity index (χ3n) is 2.43. The maximum atomic E-state index is 8.73. The van der Waals surface area contributed by atoms with Gasteiger partial charge in [-0.1, -0.05) is 0 Å². The van der Waals surface area contributed by atoms with Crippen LogP contribution in [0.4, 0.5) is 0 Å². The fourth-order valence-electron chi connectivity index (χ4n) is 1.72. The second-order valence-corrected chi connectivity index (χ2v) is 3.37. The van der Waals surface area contributed by atoms with Crippen molar-refractivity contribution in [3.05, 3.63) is 18.2 Å². The van der Waals surface area contributed by atoms with Gasteiger partial charge in [0.15, 0.2) is 0 Å². The summed E-state index contributed by atoms with van der Waals surface area (Å²) in [4.78, 5) is 3.96. The Labute approximate surface area is 77.2 Å². The molecule has 2 heterocycles. The van der Waals surface area contributed by atoms with E-state index in [1.54, 1.807) is 6.20 Å². The maximum absolute atomic E-state index is 8.73. The van der Waals surface area contributed by atoms with Crippen LogP contribution >= 0.6 is 0 Å². The van der Waals surface area contributed by atoms with Crippen molar-refractivity contribution in [1.29, 1.82) is 5.26 Å². The molecule has 0 bridgehead atoms. The van der Waals surface area contributed by atoms with Crippen LogP contribution in [-0.2, 0) is 6.54 Å². The average molecular weight is 176 g/mol. The Bertz CT molecular complexity index is 317. The van der Waals surface area contributed by atoms with Crippen molar-refractivity contribution < 1.29 is 0 Å². The van der Waals surface area contributed by atoms with Gasteiger partial charge >= 0.3 is 0 Å². The summed E-state index contributed by atoms with van der Waals surface area (Å²) < 4.78 is 1.93. The van der Waals surface area contributed by atoms with E-state index in [1.807, 2.05) is 10.8 Å². The molecule has 1 saturated heterocycles. The molecular weight excluding hydrogens is 164 g/mol. The number of aromatic nitrogens is 2. The zero-order valence-corrected chi connectivity index (χ0v) is 7.40. The van der Waals surface area contributed by atoms with Crippen molar-refractivity contribution in [2.45, 2.75) is 13.0 Å². The van der Waals surface area contributed by atoms with Crippen LogP contribution in [0.1, 0.15) is 12.2 Å². The van der Waals surface area contributed by atoms with Crippen LogP contribution in [0.3, 0.4) is 0 Å². The van der Waals surface area contributed by atoms with E-state index in [2.05, 4.69) is 16.4 Å². The molecule has 68 valence electrons. The van der Waals surface area contributed by atoms with Crippen LogP contribution in [0.15, 0.2) is 12.4 Å². The molecule has 2 rings (SSSR count). The maximum Gasteiger partial charge on any atom is 0.212 e. The third-order valence-corrected chi connectivity index (χ3v) is 2.43. The molecule has 0 aliphatic carbocycles. The summed E-state index contributed by atoms with van der Waals surface area (Å²) in [5, 5.41) is 12.0. The second kappa shape index (κ2) is 3.58. The lowest BCUT2D eigenvalue weighted by molar-refractivity contribution is 0.478. The molecule has 1 aliphatic rings. The van der Waals surface area contributed by atoms with Crippen LogP contribution in [0.2, 0.25) is 0 Å². The van der Waals surface area contributed by atoms with Gasteiger partial charge in [0.2, 0.25) is 5.82 Å². The number of rotatable bonds is 2. The Morgan fingerprint density at radius 1 is 1.77 bits per heavy atom. The van der Waals surface area contributed by atoms with Crippen LogP contribution in [-0.4, -0.2) is 22.6 Å². The monoisotopic (exact) mass is 176 g/mol. The van der Waals surface area contributed by atoms with Gasteiger partial charge in [-0.3, -0.25) is 0 Å². The molecule has 4 heteroatoms. The molecule has 0 aromatic carbocycles. The zero-order chi connectivity index (χ0) is 9.10. The summed E-state index contributed by atoms with van der Waals surface area (Å²) in [7, 11) is 0. The first-order valence-electron chi connectivity index (χ1n) is 4.52. The van der Waals surface area contributed by atoms with Gasteiger partial charge in [-0.15, -0.1) is 0 Å². The van der Waals surface area contributed by atoms with Gasteiger partial charge in [-0.25, -0.2) is 4.98 Å². The normalized spacial score (nSPS) is 21.6. The number of hydrogen-bond donors (Lipinski definition) is 1. The average Bonchev–Trinajstić information content (AvgIpc) is 2.76. The molecule has 1 unspecified atom stereocenters. The van der Waals surface area contributed by atoms with E-state index in [-0.39, 0.29) is 0 Å². The second-order valence-electron chi connectivity index (χ2n) is 3.37. The van der Waals surface area contributed by atoms with Gasteiger partial charge in [0.1, 0.15) is 6.07 Å². The Morgan fingerprint density at radius 3 is 3.38 bits per heavy atom. The minimum Gasteiger partial charge on any atom is -0.322 e. The quantitative estimate of drug-likeness (QED) is 0.708. The lowest BCUT2D eigenvalue weighted by Crippen LogP contribution is -2.14. The highest BCUT2D eigenvalue weighted by Gasteiger charge is 2.15. The van der Waals surface area contributed by atoms with E-state index < -0.39 is 0 Å². The zero-order valence-electron chi connectivity index (χ0n) is 7.40. The lowest BCUT2D eigenvalue weighted by atomic mass is 10.1. The van der Waals surface area contributed by atoms with Crippen LogP contribution < -0.4 is 5.32 Å². The smallest absolute Gasteiger partial charge is 0.212 e. The number of nitriles is 1. The van der Waals surface area contributed by atoms with Gasteiger partial charge < -0.3 is 9.88 Å². The first-order valence-corrected chi connectivity index (χ1v) is 4.52. The van der Waals surface area contributed by atoms with Gasteiger partial charge in [-0.05, 0) is 25.4 Å². The fourth-order valence-corrected chi connectivity index (χ4v) is 1.72. The molecule has 1 aromatic heterocycles. The molecule has 1 aliphatic heterocycles. The first kappa shape index (κ1) is 8.27. The van der Waals surface area contributed by atoms with E-state index in [4.69, 9.17) is 5.26 Å². The molecule has 13 heavy (non-hydrogen) atoms. The number of hydrogen-bond acceptors (Lipinski definition) is 3. The van der Waals surface area contributed by atoms with Crippen molar-refractivity contribution in [3.8, 4) is 6.07 Å². The molecule has 1 aromatic rings. The summed E-state index contributed by atoms with van der Waals surface area (Å²) in [5.41, 5.74) is 0. The molecule has 0 radical (unpaired) electrons. The summed E-state index contributed by atoms with van der Waals surface area (Å²) in [6, 6.07) is 2.08. The fraction of sp³-hybridized carbons (Fsp3) is 0.556. The Kier molecular flexibility index (Phi) is 2.28. The number of nitrogens with zero attached hydrogens (tertiary/aromatic N) is 3. The molecule has 0 spiro atoms. The lowest BCUT2D eigenvalue weighted by Gasteiger charge is -2.08. The highest BCUT2D eigenvalue weighted by molar-refractivity contribution is 5.11. The van der Waals surface area contributed by atoms with Crippen molar-refractivity contribution in [2.75, 3.05) is 13.1 Å². The number of nitrogens with one attached hydrogen (secondary N) is 1. The molecule has 1 atom stereocenters. The van der Waals surface area contributed by atoms with Crippen molar-refractivity contribution in [1.82, 2.24) is 14.9 Å². The highest BCUT2D eigenvalue weighted by atomic mass is 15.1. The molecule has 1 fully saturated rings. The topological polar surface area (TPSA) is 53.6 Å². The van der Waals surface area contributed by atoms with Gasteiger partial charge in [0.05, 0.1) is 0 Å². The molecular formula is C9H12N4. The summed E-state index contributed by atoms with van der Waals surface area (Å²) >= 11 is 0. The highest BCUT2D eigenvalue weighted by Crippen LogP contribution is 2.11. The van der Waals surface area contributed by atoms with Gasteiger partial charge in [-0.2, -0.15) is 5.26 Å². The standard InChI is InChI=1S/C9H12N4/c10-5-9-12-3-4-13(9)7-8-1-2-11-6-8/h3-4,8,11H,1-2,6-7H2. The van der Waals surface area contributed by atoms with E-state index in [9.17, 15) is 0 Å². The van der Waals surface area contributed by atoms with Crippen molar-refractivity contribution >= 4 is 0 Å². The first-order chi connectivity index (χ1) is 6.40. The van der Waals surface area contributed by atoms with Crippen molar-refractivity contribution in [3.63, 3.8) is 0 Å². The van der Waals surface area contributed by atoms with Crippen LogP contribution in [0.5, 0.6) is 0 Å². The van der Waals surface area contributed by atoms with E-state index in [0.717, 1.165) is 19.6 Å². The summed E-state index contributed by atoms with van der Waals surface area (Å²) in [6.45, 7) is 3.07.